The van der Waals surface area contributed by atoms with Crippen LogP contribution in [0.3, 0.4) is 0 Å². The van der Waals surface area contributed by atoms with Crippen LogP contribution in [0, 0.1) is 0 Å². The van der Waals surface area contributed by atoms with E-state index in [1.807, 2.05) is 0 Å². The summed E-state index contributed by atoms with van der Waals surface area (Å²) in [5, 5.41) is 0. The maximum absolute atomic E-state index is 2.45. The lowest BCUT2D eigenvalue weighted by molar-refractivity contribution is 0.572. The van der Waals surface area contributed by atoms with Gasteiger partial charge >= 0.3 is 0 Å². The van der Waals surface area contributed by atoms with Crippen molar-refractivity contribution in [3.8, 4) is 0 Å². The van der Waals surface area contributed by atoms with Crippen LogP contribution in [0.2, 0.25) is 0 Å². The fraction of sp³-hybridized carbons (Fsp3) is 0.385. The number of hydrogen-bond donors (Lipinski definition) is 0. The zero-order valence-electron chi connectivity index (χ0n) is 8.17. The highest BCUT2D eigenvalue weighted by molar-refractivity contribution is 5.54. The van der Waals surface area contributed by atoms with Crippen molar-refractivity contribution >= 4 is 0 Å². The summed E-state index contributed by atoms with van der Waals surface area (Å²) in [5.74, 6) is 0.709. The average molecular weight is 170 g/mol. The first-order valence-corrected chi connectivity index (χ1v) is 5.00. The third-order valence-corrected chi connectivity index (χ3v) is 3.90. The minimum Gasteiger partial charge on any atom is -0.0771 e. The Morgan fingerprint density at radius 3 is 2.92 bits per heavy atom. The van der Waals surface area contributed by atoms with Gasteiger partial charge in [0.25, 0.3) is 0 Å². The minimum atomic E-state index is 0.362. The van der Waals surface area contributed by atoms with Gasteiger partial charge in [0.15, 0.2) is 0 Å². The molecule has 2 aliphatic rings. The van der Waals surface area contributed by atoms with E-state index in [9.17, 15) is 0 Å². The molecule has 0 spiro atoms. The van der Waals surface area contributed by atoms with Gasteiger partial charge < -0.3 is 0 Å². The summed E-state index contributed by atoms with van der Waals surface area (Å²) >= 11 is 0. The first-order chi connectivity index (χ1) is 6.22. The summed E-state index contributed by atoms with van der Waals surface area (Å²) in [6, 6.07) is 8.91. The summed E-state index contributed by atoms with van der Waals surface area (Å²) < 4.78 is 0. The van der Waals surface area contributed by atoms with Gasteiger partial charge in [-0.05, 0) is 24.5 Å². The molecule has 0 nitrogen and oxygen atoms in total. The minimum absolute atomic E-state index is 0.362. The van der Waals surface area contributed by atoms with E-state index >= 15 is 0 Å². The highest BCUT2D eigenvalue weighted by Crippen LogP contribution is 2.55. The Hall–Kier alpha value is -1.04. The molecule has 0 radical (unpaired) electrons. The van der Waals surface area contributed by atoms with E-state index in [2.05, 4.69) is 44.2 Å². The van der Waals surface area contributed by atoms with E-state index < -0.39 is 0 Å². The van der Waals surface area contributed by atoms with Crippen molar-refractivity contribution in [2.24, 2.45) is 0 Å². The number of hydrogen-bond acceptors (Lipinski definition) is 0. The Labute approximate surface area is 79.3 Å². The molecule has 0 saturated heterocycles. The van der Waals surface area contributed by atoms with Gasteiger partial charge in [-0.1, -0.05) is 42.8 Å². The van der Waals surface area contributed by atoms with Crippen molar-refractivity contribution < 1.29 is 0 Å². The largest absolute Gasteiger partial charge is 0.0771 e. The van der Waals surface area contributed by atoms with Crippen molar-refractivity contribution in [1.29, 1.82) is 0 Å². The van der Waals surface area contributed by atoms with Gasteiger partial charge in [-0.25, -0.2) is 0 Å². The van der Waals surface area contributed by atoms with E-state index in [0.29, 0.717) is 11.3 Å². The molecular formula is C13H14. The summed E-state index contributed by atoms with van der Waals surface area (Å²) in [5.41, 5.74) is 5.06. The van der Waals surface area contributed by atoms with E-state index in [1.165, 1.54) is 6.42 Å². The molecule has 2 bridgehead atoms. The standard InChI is InChI=1S/C13H14/c1-9-7-10-8-13(9,2)12-6-4-3-5-11(10)12/h3-7,10H,8H2,1-2H3. The SMILES string of the molecule is CC1=CC2CC1(C)c1ccccc12. The second-order valence-corrected chi connectivity index (χ2v) is 4.58. The Bertz CT molecular complexity index is 400. The number of benzene rings is 1. The van der Waals surface area contributed by atoms with Crippen LogP contribution in [-0.4, -0.2) is 0 Å². The molecule has 1 aromatic carbocycles. The summed E-state index contributed by atoms with van der Waals surface area (Å²) in [6.45, 7) is 4.65. The van der Waals surface area contributed by atoms with E-state index in [0.717, 1.165) is 0 Å². The second kappa shape index (κ2) is 2.06. The lowest BCUT2D eigenvalue weighted by Gasteiger charge is -2.25. The molecule has 0 saturated carbocycles. The van der Waals surface area contributed by atoms with E-state index in [1.54, 1.807) is 16.7 Å². The normalized spacial score (nSPS) is 34.6. The highest BCUT2D eigenvalue weighted by atomic mass is 14.5. The topological polar surface area (TPSA) is 0 Å². The van der Waals surface area contributed by atoms with Crippen LogP contribution in [0.4, 0.5) is 0 Å². The lowest BCUT2D eigenvalue weighted by atomic mass is 9.79. The van der Waals surface area contributed by atoms with Crippen LogP contribution >= 0.6 is 0 Å². The molecule has 2 aliphatic carbocycles. The molecule has 0 amide bonds. The van der Waals surface area contributed by atoms with Gasteiger partial charge in [-0.15, -0.1) is 0 Å². The molecule has 2 atom stereocenters. The number of fused-ring (bicyclic) bond motifs is 5. The molecule has 2 unspecified atom stereocenters. The van der Waals surface area contributed by atoms with Crippen LogP contribution in [0.1, 0.15) is 37.3 Å². The van der Waals surface area contributed by atoms with Gasteiger partial charge in [0, 0.05) is 11.3 Å². The number of rotatable bonds is 0. The first-order valence-electron chi connectivity index (χ1n) is 5.00. The molecule has 1 aromatic rings. The van der Waals surface area contributed by atoms with Crippen LogP contribution in [-0.2, 0) is 5.41 Å². The van der Waals surface area contributed by atoms with E-state index in [-0.39, 0.29) is 0 Å². The summed E-state index contributed by atoms with van der Waals surface area (Å²) in [4.78, 5) is 0. The molecule has 0 aromatic heterocycles. The monoisotopic (exact) mass is 170 g/mol. The third kappa shape index (κ3) is 0.720. The Kier molecular flexibility index (Phi) is 1.17. The van der Waals surface area contributed by atoms with Crippen molar-refractivity contribution in [2.45, 2.75) is 31.6 Å². The molecule has 0 N–H and O–H groups in total. The Morgan fingerprint density at radius 1 is 1.31 bits per heavy atom. The zero-order valence-corrected chi connectivity index (χ0v) is 8.17. The van der Waals surface area contributed by atoms with Crippen LogP contribution in [0.5, 0.6) is 0 Å². The summed E-state index contributed by atoms with van der Waals surface area (Å²) in [6.07, 6.45) is 3.75. The molecule has 66 valence electrons. The van der Waals surface area contributed by atoms with Crippen molar-refractivity contribution in [3.63, 3.8) is 0 Å². The molecule has 0 fully saturated rings. The molecular weight excluding hydrogens is 156 g/mol. The zero-order chi connectivity index (χ0) is 9.05. The number of allylic oxidation sites excluding steroid dienone is 2. The maximum atomic E-state index is 2.45. The van der Waals surface area contributed by atoms with Crippen molar-refractivity contribution in [1.82, 2.24) is 0 Å². The smallest absolute Gasteiger partial charge is 0.0142 e. The predicted octanol–water partition coefficient (Wildman–Crippen LogP) is 3.39. The molecule has 0 heterocycles. The molecule has 3 rings (SSSR count). The van der Waals surface area contributed by atoms with Gasteiger partial charge in [-0.3, -0.25) is 0 Å². The first kappa shape index (κ1) is 7.37. The van der Waals surface area contributed by atoms with Crippen molar-refractivity contribution in [2.75, 3.05) is 0 Å². The van der Waals surface area contributed by atoms with E-state index in [4.69, 9.17) is 0 Å². The van der Waals surface area contributed by atoms with Gasteiger partial charge in [0.05, 0.1) is 0 Å². The molecule has 13 heavy (non-hydrogen) atoms. The quantitative estimate of drug-likeness (QED) is 0.523. The lowest BCUT2D eigenvalue weighted by Crippen LogP contribution is -2.17. The third-order valence-electron chi connectivity index (χ3n) is 3.90. The fourth-order valence-electron chi connectivity index (χ4n) is 2.99. The average Bonchev–Trinajstić information content (AvgIpc) is 2.57. The molecule has 0 heteroatoms. The van der Waals surface area contributed by atoms with Gasteiger partial charge in [0.1, 0.15) is 0 Å². The van der Waals surface area contributed by atoms with Crippen LogP contribution < -0.4 is 0 Å². The summed E-state index contributed by atoms with van der Waals surface area (Å²) in [7, 11) is 0. The Balaban J connectivity index is 2.30. The maximum Gasteiger partial charge on any atom is 0.0142 e. The van der Waals surface area contributed by atoms with Gasteiger partial charge in [0.2, 0.25) is 0 Å². The highest BCUT2D eigenvalue weighted by Gasteiger charge is 2.44. The van der Waals surface area contributed by atoms with Crippen molar-refractivity contribution in [3.05, 3.63) is 47.0 Å². The van der Waals surface area contributed by atoms with Crippen LogP contribution in [0.15, 0.2) is 35.9 Å². The Morgan fingerprint density at radius 2 is 2.08 bits per heavy atom. The predicted molar refractivity (Wildman–Crippen MR) is 54.9 cm³/mol. The van der Waals surface area contributed by atoms with Crippen LogP contribution in [0.25, 0.3) is 0 Å². The fourth-order valence-corrected chi connectivity index (χ4v) is 2.99. The molecule has 0 aliphatic heterocycles. The second-order valence-electron chi connectivity index (χ2n) is 4.58. The van der Waals surface area contributed by atoms with Gasteiger partial charge in [-0.2, -0.15) is 0 Å².